The summed E-state index contributed by atoms with van der Waals surface area (Å²) in [6.07, 6.45) is 2.24. The number of likely N-dealkylation sites (tertiary alicyclic amines) is 1. The van der Waals surface area contributed by atoms with Crippen molar-refractivity contribution in [1.82, 2.24) is 15.1 Å². The van der Waals surface area contributed by atoms with Crippen molar-refractivity contribution in [2.45, 2.75) is 18.8 Å². The molecule has 130 valence electrons. The van der Waals surface area contributed by atoms with Crippen LogP contribution in [-0.4, -0.2) is 40.0 Å². The average molecular weight is 379 g/mol. The quantitative estimate of drug-likeness (QED) is 0.799. The van der Waals surface area contributed by atoms with Gasteiger partial charge in [0, 0.05) is 36.3 Å². The van der Waals surface area contributed by atoms with Gasteiger partial charge < -0.3 is 10.2 Å². The van der Waals surface area contributed by atoms with E-state index in [-0.39, 0.29) is 17.7 Å². The molecule has 3 heterocycles. The standard InChI is InChI=1S/C17H16Cl2N4O2/c1-9-15(24)21-14-7-12(19)11(18)6-10(14)17(9)3-5-23(8-17)16(25)13-2-4-20-22-13/h2,4,6-7,9H,3,5,8H2,1H3,(H,20,22)(H,21,24)/t9?,17-/m0/s1. The molecule has 2 aliphatic heterocycles. The van der Waals surface area contributed by atoms with Crippen LogP contribution in [0.5, 0.6) is 0 Å². The average Bonchev–Trinajstić information content (AvgIpc) is 3.25. The van der Waals surface area contributed by atoms with Crippen molar-refractivity contribution >= 4 is 40.7 Å². The summed E-state index contributed by atoms with van der Waals surface area (Å²) in [7, 11) is 0. The summed E-state index contributed by atoms with van der Waals surface area (Å²) in [4.78, 5) is 26.9. The number of carbonyl (C=O) groups excluding carboxylic acids is 2. The highest BCUT2D eigenvalue weighted by molar-refractivity contribution is 6.42. The number of nitrogens with one attached hydrogen (secondary N) is 2. The third-order valence-corrected chi connectivity index (χ3v) is 6.12. The molecule has 0 radical (unpaired) electrons. The van der Waals surface area contributed by atoms with Crippen molar-refractivity contribution in [1.29, 1.82) is 0 Å². The molecule has 8 heteroatoms. The summed E-state index contributed by atoms with van der Waals surface area (Å²) in [5, 5.41) is 10.3. The first-order valence-electron chi connectivity index (χ1n) is 8.01. The second-order valence-electron chi connectivity index (χ2n) is 6.63. The van der Waals surface area contributed by atoms with E-state index in [0.29, 0.717) is 40.9 Å². The topological polar surface area (TPSA) is 78.1 Å². The Balaban J connectivity index is 1.75. The SMILES string of the molecule is CC1C(=O)Nc2cc(Cl)c(Cl)cc2[C@]12CCN(C(=O)c1ccn[nH]1)C2. The molecule has 1 unspecified atom stereocenters. The van der Waals surface area contributed by atoms with Gasteiger partial charge in [-0.3, -0.25) is 14.7 Å². The number of amides is 2. The van der Waals surface area contributed by atoms with Crippen molar-refractivity contribution in [3.8, 4) is 0 Å². The number of anilines is 1. The highest BCUT2D eigenvalue weighted by atomic mass is 35.5. The largest absolute Gasteiger partial charge is 0.336 e. The molecule has 2 aliphatic rings. The van der Waals surface area contributed by atoms with Gasteiger partial charge in [0.25, 0.3) is 5.91 Å². The summed E-state index contributed by atoms with van der Waals surface area (Å²) in [5.74, 6) is -0.465. The van der Waals surface area contributed by atoms with E-state index in [2.05, 4.69) is 15.5 Å². The van der Waals surface area contributed by atoms with Crippen LogP contribution in [0.1, 0.15) is 29.4 Å². The molecule has 2 atom stereocenters. The predicted octanol–water partition coefficient (Wildman–Crippen LogP) is 3.09. The van der Waals surface area contributed by atoms with Gasteiger partial charge in [0.2, 0.25) is 5.91 Å². The number of nitrogens with zero attached hydrogens (tertiary/aromatic N) is 2. The second kappa shape index (κ2) is 5.75. The van der Waals surface area contributed by atoms with E-state index >= 15 is 0 Å². The number of rotatable bonds is 1. The first-order chi connectivity index (χ1) is 11.9. The van der Waals surface area contributed by atoms with Crippen LogP contribution >= 0.6 is 23.2 Å². The minimum atomic E-state index is -0.471. The lowest BCUT2D eigenvalue weighted by atomic mass is 9.67. The Hall–Kier alpha value is -2.05. The van der Waals surface area contributed by atoms with Crippen LogP contribution in [-0.2, 0) is 10.2 Å². The number of fused-ring (bicyclic) bond motifs is 2. The molecule has 1 saturated heterocycles. The van der Waals surface area contributed by atoms with Gasteiger partial charge in [0.15, 0.2) is 0 Å². The Morgan fingerprint density at radius 3 is 2.84 bits per heavy atom. The number of halogens is 2. The van der Waals surface area contributed by atoms with Crippen molar-refractivity contribution in [3.05, 3.63) is 45.7 Å². The Kier molecular flexibility index (Phi) is 3.77. The van der Waals surface area contributed by atoms with E-state index in [1.807, 2.05) is 13.0 Å². The third kappa shape index (κ3) is 2.43. The van der Waals surface area contributed by atoms with Gasteiger partial charge in [-0.2, -0.15) is 5.10 Å². The maximum atomic E-state index is 12.7. The fraction of sp³-hybridized carbons (Fsp3) is 0.353. The second-order valence-corrected chi connectivity index (χ2v) is 7.44. The van der Waals surface area contributed by atoms with Crippen LogP contribution in [0.2, 0.25) is 10.0 Å². The normalized spacial score (nSPS) is 25.2. The minimum Gasteiger partial charge on any atom is -0.336 e. The molecule has 0 bridgehead atoms. The van der Waals surface area contributed by atoms with Crippen LogP contribution in [0.25, 0.3) is 0 Å². The lowest BCUT2D eigenvalue weighted by molar-refractivity contribution is -0.121. The van der Waals surface area contributed by atoms with E-state index in [1.165, 1.54) is 0 Å². The first kappa shape index (κ1) is 16.4. The Morgan fingerprint density at radius 2 is 2.12 bits per heavy atom. The monoisotopic (exact) mass is 378 g/mol. The zero-order chi connectivity index (χ0) is 17.8. The third-order valence-electron chi connectivity index (χ3n) is 5.40. The number of hydrogen-bond donors (Lipinski definition) is 2. The molecule has 2 amide bonds. The highest BCUT2D eigenvalue weighted by Gasteiger charge is 2.51. The van der Waals surface area contributed by atoms with Gasteiger partial charge in [0.05, 0.1) is 10.0 Å². The zero-order valence-electron chi connectivity index (χ0n) is 13.5. The molecule has 25 heavy (non-hydrogen) atoms. The number of aromatic amines is 1. The molecule has 1 fully saturated rings. The van der Waals surface area contributed by atoms with E-state index in [0.717, 1.165) is 5.56 Å². The van der Waals surface area contributed by atoms with Crippen molar-refractivity contribution in [2.24, 2.45) is 5.92 Å². The number of aromatic nitrogens is 2. The van der Waals surface area contributed by atoms with Gasteiger partial charge in [-0.1, -0.05) is 30.1 Å². The van der Waals surface area contributed by atoms with Gasteiger partial charge in [-0.05, 0) is 30.2 Å². The minimum absolute atomic E-state index is 0.0678. The van der Waals surface area contributed by atoms with Crippen LogP contribution < -0.4 is 5.32 Å². The van der Waals surface area contributed by atoms with E-state index in [1.54, 1.807) is 23.2 Å². The maximum Gasteiger partial charge on any atom is 0.271 e. The van der Waals surface area contributed by atoms with Crippen molar-refractivity contribution in [2.75, 3.05) is 18.4 Å². The van der Waals surface area contributed by atoms with Gasteiger partial charge in [-0.15, -0.1) is 0 Å². The van der Waals surface area contributed by atoms with Gasteiger partial charge in [-0.25, -0.2) is 0 Å². The molecule has 2 N–H and O–H groups in total. The summed E-state index contributed by atoms with van der Waals surface area (Å²) in [6.45, 7) is 2.91. The molecule has 2 aromatic rings. The molecule has 6 nitrogen and oxygen atoms in total. The van der Waals surface area contributed by atoms with Crippen LogP contribution in [0.4, 0.5) is 5.69 Å². The summed E-state index contributed by atoms with van der Waals surface area (Å²) in [5.41, 5.74) is 1.59. The molecule has 1 aromatic carbocycles. The fourth-order valence-electron chi connectivity index (χ4n) is 3.91. The number of H-pyrrole nitrogens is 1. The molecular formula is C17H16Cl2N4O2. The first-order valence-corrected chi connectivity index (χ1v) is 8.77. The molecule has 4 rings (SSSR count). The summed E-state index contributed by atoms with van der Waals surface area (Å²) >= 11 is 12.3. The molecule has 1 spiro atoms. The Bertz CT molecular complexity index is 868. The summed E-state index contributed by atoms with van der Waals surface area (Å²) < 4.78 is 0. The Morgan fingerprint density at radius 1 is 1.36 bits per heavy atom. The maximum absolute atomic E-state index is 12.7. The van der Waals surface area contributed by atoms with Crippen LogP contribution in [0.15, 0.2) is 24.4 Å². The molecule has 1 aromatic heterocycles. The lowest BCUT2D eigenvalue weighted by Gasteiger charge is -2.40. The number of benzene rings is 1. The van der Waals surface area contributed by atoms with E-state index < -0.39 is 5.41 Å². The van der Waals surface area contributed by atoms with Crippen LogP contribution in [0.3, 0.4) is 0 Å². The van der Waals surface area contributed by atoms with Crippen LogP contribution in [0, 0.1) is 5.92 Å². The predicted molar refractivity (Wildman–Crippen MR) is 95.0 cm³/mol. The molecule has 0 saturated carbocycles. The fourth-order valence-corrected chi connectivity index (χ4v) is 4.24. The lowest BCUT2D eigenvalue weighted by Crippen LogP contribution is -2.47. The molecule has 0 aliphatic carbocycles. The number of carbonyl (C=O) groups is 2. The highest BCUT2D eigenvalue weighted by Crippen LogP contribution is 2.49. The smallest absolute Gasteiger partial charge is 0.271 e. The van der Waals surface area contributed by atoms with Crippen molar-refractivity contribution in [3.63, 3.8) is 0 Å². The van der Waals surface area contributed by atoms with E-state index in [9.17, 15) is 9.59 Å². The van der Waals surface area contributed by atoms with Gasteiger partial charge >= 0.3 is 0 Å². The number of hydrogen-bond acceptors (Lipinski definition) is 3. The summed E-state index contributed by atoms with van der Waals surface area (Å²) in [6, 6.07) is 5.15. The zero-order valence-corrected chi connectivity index (χ0v) is 15.0. The Labute approximate surface area is 154 Å². The van der Waals surface area contributed by atoms with Gasteiger partial charge in [0.1, 0.15) is 5.69 Å². The molecular weight excluding hydrogens is 363 g/mol. The van der Waals surface area contributed by atoms with E-state index in [4.69, 9.17) is 23.2 Å². The van der Waals surface area contributed by atoms with Crippen molar-refractivity contribution < 1.29 is 9.59 Å².